The van der Waals surface area contributed by atoms with Gasteiger partial charge < -0.3 is 19.6 Å². The predicted molar refractivity (Wildman–Crippen MR) is 109 cm³/mol. The summed E-state index contributed by atoms with van der Waals surface area (Å²) in [5, 5.41) is 23.4. The first kappa shape index (κ1) is 18.3. The van der Waals surface area contributed by atoms with Crippen LogP contribution in [-0.2, 0) is 11.3 Å². The van der Waals surface area contributed by atoms with Crippen LogP contribution in [0, 0.1) is 0 Å². The normalized spacial score (nSPS) is 10.6. The lowest BCUT2D eigenvalue weighted by atomic mass is 10.1. The Hall–Kier alpha value is -4.06. The number of benzene rings is 3. The summed E-state index contributed by atoms with van der Waals surface area (Å²) in [6.45, 7) is 0.335. The lowest BCUT2D eigenvalue weighted by Gasteiger charge is -2.18. The van der Waals surface area contributed by atoms with Gasteiger partial charge in [-0.1, -0.05) is 35.5 Å². The fraction of sp³-hybridized carbons (Fsp3) is 0.0435. The molecule has 0 aliphatic carbocycles. The van der Waals surface area contributed by atoms with Crippen molar-refractivity contribution in [3.05, 3.63) is 84.4 Å². The first-order chi connectivity index (χ1) is 14.2. The molecule has 1 aromatic heterocycles. The fourth-order valence-corrected chi connectivity index (χ4v) is 3.11. The summed E-state index contributed by atoms with van der Waals surface area (Å²) in [5.41, 5.74) is 3.33. The molecule has 0 aliphatic heterocycles. The van der Waals surface area contributed by atoms with E-state index >= 15 is 0 Å². The summed E-state index contributed by atoms with van der Waals surface area (Å²) in [4.78, 5) is 13.6. The molecule has 29 heavy (non-hydrogen) atoms. The number of phenols is 2. The molecule has 4 aromatic rings. The Bertz CT molecular complexity index is 1040. The third kappa shape index (κ3) is 3.82. The van der Waals surface area contributed by atoms with Gasteiger partial charge in [0, 0.05) is 11.1 Å². The van der Waals surface area contributed by atoms with Gasteiger partial charge in [-0.3, -0.25) is 4.79 Å². The minimum absolute atomic E-state index is 0.130. The van der Waals surface area contributed by atoms with Crippen molar-refractivity contribution in [1.82, 2.24) is 5.16 Å². The molecule has 1 heterocycles. The van der Waals surface area contributed by atoms with Crippen molar-refractivity contribution in [3.63, 3.8) is 0 Å². The highest BCUT2D eigenvalue weighted by atomic mass is 16.5. The van der Waals surface area contributed by atoms with E-state index in [-0.39, 0.29) is 11.5 Å². The molecule has 0 atom stereocenters. The molecule has 0 saturated carbocycles. The number of amides is 1. The Morgan fingerprint density at radius 3 is 2.00 bits per heavy atom. The lowest BCUT2D eigenvalue weighted by Crippen LogP contribution is -2.21. The SMILES string of the molecule is O=CN(Cc1ccccc1)c1c(-c2ccc(O)cc2)noc1-c1ccc(O)cc1. The molecule has 144 valence electrons. The van der Waals surface area contributed by atoms with Crippen molar-refractivity contribution >= 4 is 12.1 Å². The van der Waals surface area contributed by atoms with Crippen molar-refractivity contribution in [2.45, 2.75) is 6.54 Å². The van der Waals surface area contributed by atoms with Crippen LogP contribution in [0.1, 0.15) is 5.56 Å². The van der Waals surface area contributed by atoms with E-state index in [1.54, 1.807) is 48.5 Å². The number of carbonyl (C=O) groups excluding carboxylic acids is 1. The van der Waals surface area contributed by atoms with Crippen molar-refractivity contribution < 1.29 is 19.5 Å². The molecule has 1 amide bonds. The standard InChI is InChI=1S/C23H18N2O4/c26-15-25(14-16-4-2-1-3-5-16)22-21(17-6-10-19(27)11-7-17)24-29-23(22)18-8-12-20(28)13-9-18/h1-13,15,27-28H,14H2. The molecular formula is C23H18N2O4. The number of rotatable bonds is 6. The van der Waals surface area contributed by atoms with Crippen LogP contribution in [-0.4, -0.2) is 21.8 Å². The number of aromatic hydroxyl groups is 2. The molecule has 4 rings (SSSR count). The number of hydrogen-bond donors (Lipinski definition) is 2. The molecule has 0 aliphatic rings. The monoisotopic (exact) mass is 386 g/mol. The third-order valence-electron chi connectivity index (χ3n) is 4.55. The van der Waals surface area contributed by atoms with Gasteiger partial charge in [-0.05, 0) is 54.1 Å². The zero-order valence-corrected chi connectivity index (χ0v) is 15.4. The van der Waals surface area contributed by atoms with E-state index in [2.05, 4.69) is 5.16 Å². The van der Waals surface area contributed by atoms with E-state index < -0.39 is 0 Å². The Kier molecular flexibility index (Phi) is 4.99. The first-order valence-corrected chi connectivity index (χ1v) is 9.00. The van der Waals surface area contributed by atoms with Gasteiger partial charge in [-0.2, -0.15) is 0 Å². The van der Waals surface area contributed by atoms with E-state index in [9.17, 15) is 15.0 Å². The van der Waals surface area contributed by atoms with Crippen LogP contribution >= 0.6 is 0 Å². The molecule has 0 bridgehead atoms. The van der Waals surface area contributed by atoms with Crippen LogP contribution < -0.4 is 4.90 Å². The van der Waals surface area contributed by atoms with E-state index in [4.69, 9.17) is 4.52 Å². The van der Waals surface area contributed by atoms with Gasteiger partial charge >= 0.3 is 0 Å². The summed E-state index contributed by atoms with van der Waals surface area (Å²) >= 11 is 0. The van der Waals surface area contributed by atoms with Gasteiger partial charge in [0.15, 0.2) is 5.76 Å². The molecule has 6 nitrogen and oxygen atoms in total. The Morgan fingerprint density at radius 2 is 1.41 bits per heavy atom. The highest BCUT2D eigenvalue weighted by Gasteiger charge is 2.24. The smallest absolute Gasteiger partial charge is 0.214 e. The summed E-state index contributed by atoms with van der Waals surface area (Å²) in [6.07, 6.45) is 0.743. The minimum Gasteiger partial charge on any atom is -0.508 e. The first-order valence-electron chi connectivity index (χ1n) is 9.00. The van der Waals surface area contributed by atoms with Crippen molar-refractivity contribution in [2.24, 2.45) is 0 Å². The van der Waals surface area contributed by atoms with Crippen molar-refractivity contribution in [2.75, 3.05) is 4.90 Å². The van der Waals surface area contributed by atoms with Crippen LogP contribution in [0.3, 0.4) is 0 Å². The van der Waals surface area contributed by atoms with Gasteiger partial charge in [0.1, 0.15) is 22.9 Å². The maximum atomic E-state index is 12.1. The molecule has 2 N–H and O–H groups in total. The molecule has 0 fully saturated rings. The summed E-state index contributed by atoms with van der Waals surface area (Å²) in [7, 11) is 0. The predicted octanol–water partition coefficient (Wildman–Crippen LogP) is 4.58. The molecule has 3 aromatic carbocycles. The van der Waals surface area contributed by atoms with Gasteiger partial charge in [-0.25, -0.2) is 0 Å². The zero-order chi connectivity index (χ0) is 20.2. The Balaban J connectivity index is 1.85. The van der Waals surface area contributed by atoms with Crippen LogP contribution in [0.15, 0.2) is 83.4 Å². The highest BCUT2D eigenvalue weighted by molar-refractivity contribution is 5.93. The largest absolute Gasteiger partial charge is 0.508 e. The number of nitrogens with zero attached hydrogens (tertiary/aromatic N) is 2. The minimum atomic E-state index is 0.130. The van der Waals surface area contributed by atoms with Crippen molar-refractivity contribution in [3.8, 4) is 34.1 Å². The van der Waals surface area contributed by atoms with E-state index in [1.165, 1.54) is 4.90 Å². The number of carbonyl (C=O) groups is 1. The van der Waals surface area contributed by atoms with E-state index in [0.29, 0.717) is 34.8 Å². The van der Waals surface area contributed by atoms with Crippen LogP contribution in [0.4, 0.5) is 5.69 Å². The third-order valence-corrected chi connectivity index (χ3v) is 4.55. The fourth-order valence-electron chi connectivity index (χ4n) is 3.11. The van der Waals surface area contributed by atoms with Gasteiger partial charge in [0.25, 0.3) is 0 Å². The zero-order valence-electron chi connectivity index (χ0n) is 15.4. The van der Waals surface area contributed by atoms with E-state index in [1.807, 2.05) is 30.3 Å². The second-order valence-electron chi connectivity index (χ2n) is 6.52. The summed E-state index contributed by atoms with van der Waals surface area (Å²) < 4.78 is 5.63. The van der Waals surface area contributed by atoms with Crippen LogP contribution in [0.5, 0.6) is 11.5 Å². The molecule has 6 heteroatoms. The second kappa shape index (κ2) is 7.90. The quantitative estimate of drug-likeness (QED) is 0.474. The number of phenolic OH excluding ortho intramolecular Hbond substituents is 2. The van der Waals surface area contributed by atoms with Gasteiger partial charge in [0.05, 0.1) is 6.54 Å². The summed E-state index contributed by atoms with van der Waals surface area (Å²) in [5.74, 6) is 0.676. The number of anilines is 1. The van der Waals surface area contributed by atoms with Gasteiger partial charge in [-0.15, -0.1) is 0 Å². The lowest BCUT2D eigenvalue weighted by molar-refractivity contribution is -0.107. The highest BCUT2D eigenvalue weighted by Crippen LogP contribution is 2.40. The maximum absolute atomic E-state index is 12.1. The topological polar surface area (TPSA) is 86.8 Å². The average Bonchev–Trinajstić information content (AvgIpc) is 3.19. The number of hydrogen-bond acceptors (Lipinski definition) is 5. The Morgan fingerprint density at radius 1 is 0.828 bits per heavy atom. The van der Waals surface area contributed by atoms with Crippen molar-refractivity contribution in [1.29, 1.82) is 0 Å². The van der Waals surface area contributed by atoms with Gasteiger partial charge in [0.2, 0.25) is 6.41 Å². The van der Waals surface area contributed by atoms with E-state index in [0.717, 1.165) is 12.0 Å². The molecule has 0 spiro atoms. The average molecular weight is 386 g/mol. The Labute approximate surface area is 167 Å². The maximum Gasteiger partial charge on any atom is 0.214 e. The molecule has 0 unspecified atom stereocenters. The van der Waals surface area contributed by atoms with Crippen LogP contribution in [0.25, 0.3) is 22.6 Å². The van der Waals surface area contributed by atoms with Crippen LogP contribution in [0.2, 0.25) is 0 Å². The molecule has 0 radical (unpaired) electrons. The second-order valence-corrected chi connectivity index (χ2v) is 6.52. The summed E-state index contributed by atoms with van der Waals surface area (Å²) in [6, 6.07) is 22.6. The molecule has 0 saturated heterocycles. The number of aromatic nitrogens is 1. The molecular weight excluding hydrogens is 368 g/mol.